The van der Waals surface area contributed by atoms with Gasteiger partial charge in [-0.15, -0.1) is 0 Å². The molecule has 0 fully saturated rings. The summed E-state index contributed by atoms with van der Waals surface area (Å²) in [5.74, 6) is -0.0585. The number of alkyl halides is 1. The summed E-state index contributed by atoms with van der Waals surface area (Å²) in [5, 5.41) is 1.12. The first-order valence-corrected chi connectivity index (χ1v) is 7.85. The molecule has 0 aromatic carbocycles. The topological polar surface area (TPSA) is 26.3 Å². The number of hydrogen-bond donors (Lipinski definition) is 0. The summed E-state index contributed by atoms with van der Waals surface area (Å²) in [6.07, 6.45) is 9.12. The Morgan fingerprint density at radius 3 is 1.88 bits per heavy atom. The Labute approximate surface area is 115 Å². The van der Waals surface area contributed by atoms with Crippen molar-refractivity contribution in [3.05, 3.63) is 0 Å². The number of carbonyl (C=O) groups excluding carboxylic acids is 1. The molecular formula is C14H27BrO2. The summed E-state index contributed by atoms with van der Waals surface area (Å²) in [6, 6.07) is 0. The molecule has 2 nitrogen and oxygen atoms in total. The second-order valence-electron chi connectivity index (χ2n) is 5.50. The van der Waals surface area contributed by atoms with Crippen molar-refractivity contribution in [2.75, 3.05) is 5.33 Å². The average Bonchev–Trinajstić information content (AvgIpc) is 2.19. The molecule has 102 valence electrons. The van der Waals surface area contributed by atoms with Crippen molar-refractivity contribution in [1.82, 2.24) is 0 Å². The van der Waals surface area contributed by atoms with Gasteiger partial charge in [0, 0.05) is 11.8 Å². The number of rotatable bonds is 9. The van der Waals surface area contributed by atoms with Gasteiger partial charge >= 0.3 is 5.97 Å². The fourth-order valence-corrected chi connectivity index (χ4v) is 2.04. The fourth-order valence-electron chi connectivity index (χ4n) is 1.64. The highest BCUT2D eigenvalue weighted by molar-refractivity contribution is 9.09. The van der Waals surface area contributed by atoms with Gasteiger partial charge in [-0.2, -0.15) is 0 Å². The second kappa shape index (κ2) is 9.93. The van der Waals surface area contributed by atoms with E-state index in [1.54, 1.807) is 0 Å². The maximum atomic E-state index is 11.4. The number of carbonyl (C=O) groups is 1. The zero-order valence-corrected chi connectivity index (χ0v) is 13.1. The molecule has 0 rings (SSSR count). The first-order chi connectivity index (χ1) is 7.95. The zero-order valence-electron chi connectivity index (χ0n) is 11.6. The molecular weight excluding hydrogens is 280 g/mol. The monoisotopic (exact) mass is 306 g/mol. The van der Waals surface area contributed by atoms with Crippen LogP contribution in [0.1, 0.15) is 72.1 Å². The lowest BCUT2D eigenvalue weighted by atomic mass is 10.1. The van der Waals surface area contributed by atoms with Gasteiger partial charge in [-0.1, -0.05) is 48.0 Å². The first-order valence-electron chi connectivity index (χ1n) is 6.73. The zero-order chi connectivity index (χ0) is 13.1. The molecule has 0 aliphatic rings. The molecule has 0 aromatic rings. The summed E-state index contributed by atoms with van der Waals surface area (Å²) < 4.78 is 5.25. The van der Waals surface area contributed by atoms with Crippen LogP contribution in [0.3, 0.4) is 0 Å². The Balaban J connectivity index is 3.25. The van der Waals surface area contributed by atoms with Gasteiger partial charge < -0.3 is 4.74 Å². The number of esters is 1. The molecule has 0 radical (unpaired) electrons. The molecule has 0 saturated carbocycles. The van der Waals surface area contributed by atoms with E-state index >= 15 is 0 Å². The van der Waals surface area contributed by atoms with Crippen LogP contribution in [-0.4, -0.2) is 16.9 Å². The van der Waals surface area contributed by atoms with Crippen LogP contribution in [0.15, 0.2) is 0 Å². The smallest absolute Gasteiger partial charge is 0.306 e. The Bertz CT molecular complexity index is 197. The summed E-state index contributed by atoms with van der Waals surface area (Å²) in [4.78, 5) is 11.4. The summed E-state index contributed by atoms with van der Waals surface area (Å²) in [7, 11) is 0. The highest BCUT2D eigenvalue weighted by atomic mass is 79.9. The van der Waals surface area contributed by atoms with Gasteiger partial charge in [0.1, 0.15) is 5.60 Å². The van der Waals surface area contributed by atoms with Crippen LogP contribution in [0, 0.1) is 0 Å². The van der Waals surface area contributed by atoms with Crippen molar-refractivity contribution >= 4 is 21.9 Å². The van der Waals surface area contributed by atoms with Crippen molar-refractivity contribution in [3.63, 3.8) is 0 Å². The van der Waals surface area contributed by atoms with E-state index in [4.69, 9.17) is 4.74 Å². The van der Waals surface area contributed by atoms with E-state index in [-0.39, 0.29) is 11.6 Å². The predicted octanol–water partition coefficient (Wildman–Crippen LogP) is 4.84. The lowest BCUT2D eigenvalue weighted by Crippen LogP contribution is -2.23. The van der Waals surface area contributed by atoms with Crippen molar-refractivity contribution in [2.24, 2.45) is 0 Å². The van der Waals surface area contributed by atoms with Gasteiger partial charge in [0.2, 0.25) is 0 Å². The molecule has 3 heteroatoms. The minimum atomic E-state index is -0.341. The molecule has 0 aliphatic carbocycles. The van der Waals surface area contributed by atoms with Crippen LogP contribution < -0.4 is 0 Å². The highest BCUT2D eigenvalue weighted by Gasteiger charge is 2.15. The molecule has 0 spiro atoms. The lowest BCUT2D eigenvalue weighted by Gasteiger charge is -2.19. The number of unbranched alkanes of at least 4 members (excludes halogenated alkanes) is 6. The normalized spacial score (nSPS) is 11.5. The van der Waals surface area contributed by atoms with Gasteiger partial charge in [0.15, 0.2) is 0 Å². The summed E-state index contributed by atoms with van der Waals surface area (Å²) >= 11 is 3.43. The number of ether oxygens (including phenoxy) is 1. The van der Waals surface area contributed by atoms with Crippen LogP contribution >= 0.6 is 15.9 Å². The van der Waals surface area contributed by atoms with Crippen LogP contribution in [0.5, 0.6) is 0 Å². The first kappa shape index (κ1) is 16.9. The number of halogens is 1. The Morgan fingerprint density at radius 2 is 1.41 bits per heavy atom. The molecule has 0 saturated heterocycles. The minimum absolute atomic E-state index is 0.0585. The van der Waals surface area contributed by atoms with E-state index in [0.717, 1.165) is 18.2 Å². The third-order valence-electron chi connectivity index (χ3n) is 2.43. The van der Waals surface area contributed by atoms with Crippen molar-refractivity contribution in [1.29, 1.82) is 0 Å². The molecule has 0 aromatic heterocycles. The van der Waals surface area contributed by atoms with Crippen molar-refractivity contribution in [2.45, 2.75) is 77.7 Å². The number of hydrogen-bond acceptors (Lipinski definition) is 2. The molecule has 0 atom stereocenters. The van der Waals surface area contributed by atoms with E-state index in [1.165, 1.54) is 32.1 Å². The van der Waals surface area contributed by atoms with Crippen LogP contribution in [-0.2, 0) is 9.53 Å². The highest BCUT2D eigenvalue weighted by Crippen LogP contribution is 2.12. The fraction of sp³-hybridized carbons (Fsp3) is 0.929. The van der Waals surface area contributed by atoms with Crippen LogP contribution in [0.25, 0.3) is 0 Å². The minimum Gasteiger partial charge on any atom is -0.460 e. The van der Waals surface area contributed by atoms with E-state index < -0.39 is 0 Å². The van der Waals surface area contributed by atoms with Crippen LogP contribution in [0.2, 0.25) is 0 Å². The third-order valence-corrected chi connectivity index (χ3v) is 3.00. The Kier molecular flexibility index (Phi) is 9.90. The van der Waals surface area contributed by atoms with Crippen molar-refractivity contribution in [3.8, 4) is 0 Å². The van der Waals surface area contributed by atoms with E-state index in [2.05, 4.69) is 15.9 Å². The van der Waals surface area contributed by atoms with Gasteiger partial charge in [-0.05, 0) is 33.6 Å². The van der Waals surface area contributed by atoms with Crippen molar-refractivity contribution < 1.29 is 9.53 Å². The van der Waals surface area contributed by atoms with Gasteiger partial charge in [0.05, 0.1) is 0 Å². The third kappa shape index (κ3) is 13.9. The molecule has 0 amide bonds. The standard InChI is InChI=1S/C14H27BrO2/c1-14(2,3)17-13(16)11-9-7-5-4-6-8-10-12-15/h4-12H2,1-3H3. The van der Waals surface area contributed by atoms with E-state index in [9.17, 15) is 4.79 Å². The molecule has 0 N–H and O–H groups in total. The molecule has 0 bridgehead atoms. The lowest BCUT2D eigenvalue weighted by molar-refractivity contribution is -0.154. The quantitative estimate of drug-likeness (QED) is 0.346. The van der Waals surface area contributed by atoms with Gasteiger partial charge in [-0.3, -0.25) is 4.79 Å². The summed E-state index contributed by atoms with van der Waals surface area (Å²) in [6.45, 7) is 5.73. The molecule has 0 aliphatic heterocycles. The Morgan fingerprint density at radius 1 is 0.941 bits per heavy atom. The Hall–Kier alpha value is -0.0500. The van der Waals surface area contributed by atoms with Gasteiger partial charge in [-0.25, -0.2) is 0 Å². The predicted molar refractivity (Wildman–Crippen MR) is 76.6 cm³/mol. The van der Waals surface area contributed by atoms with Gasteiger partial charge in [0.25, 0.3) is 0 Å². The van der Waals surface area contributed by atoms with E-state index in [1.807, 2.05) is 20.8 Å². The maximum absolute atomic E-state index is 11.4. The molecule has 0 heterocycles. The SMILES string of the molecule is CC(C)(C)OC(=O)CCCCCCCCCBr. The average molecular weight is 307 g/mol. The molecule has 0 unspecified atom stereocenters. The van der Waals surface area contributed by atoms with Crippen LogP contribution in [0.4, 0.5) is 0 Å². The second-order valence-corrected chi connectivity index (χ2v) is 6.29. The molecule has 17 heavy (non-hydrogen) atoms. The maximum Gasteiger partial charge on any atom is 0.306 e. The van der Waals surface area contributed by atoms with E-state index in [0.29, 0.717) is 6.42 Å². The summed E-state index contributed by atoms with van der Waals surface area (Å²) in [5.41, 5.74) is -0.341. The largest absolute Gasteiger partial charge is 0.460 e.